The van der Waals surface area contributed by atoms with Crippen molar-refractivity contribution in [1.29, 1.82) is 0 Å². The molecule has 0 amide bonds. The van der Waals surface area contributed by atoms with Crippen molar-refractivity contribution in [2.24, 2.45) is 17.6 Å². The monoisotopic (exact) mass is 315 g/mol. The minimum Gasteiger partial charge on any atom is -0.324 e. The van der Waals surface area contributed by atoms with Crippen molar-refractivity contribution in [2.45, 2.75) is 38.6 Å². The van der Waals surface area contributed by atoms with E-state index in [1.165, 1.54) is 31.2 Å². The second-order valence-electron chi connectivity index (χ2n) is 5.21. The lowest BCUT2D eigenvalue weighted by Gasteiger charge is -2.31. The van der Waals surface area contributed by atoms with E-state index in [9.17, 15) is 0 Å². The summed E-state index contributed by atoms with van der Waals surface area (Å²) < 4.78 is 1.04. The molecule has 1 unspecified atom stereocenters. The zero-order valence-corrected chi connectivity index (χ0v) is 12.5. The van der Waals surface area contributed by atoms with Gasteiger partial charge in [0.05, 0.1) is 0 Å². The Hall–Kier alpha value is -0.0500. The maximum atomic E-state index is 6.39. The molecule has 1 aromatic rings. The third-order valence-corrected chi connectivity index (χ3v) is 4.81. The number of rotatable bonds is 2. The first-order valence-corrected chi connectivity index (χ1v) is 7.45. The first-order valence-electron chi connectivity index (χ1n) is 6.28. The Morgan fingerprint density at radius 2 is 1.94 bits per heavy atom. The summed E-state index contributed by atoms with van der Waals surface area (Å²) in [5, 5.41) is 0.755. The van der Waals surface area contributed by atoms with Gasteiger partial charge in [0.25, 0.3) is 0 Å². The molecule has 0 aromatic heterocycles. The molecule has 1 nitrogen and oxygen atoms in total. The van der Waals surface area contributed by atoms with Gasteiger partial charge in [-0.25, -0.2) is 0 Å². The molecular weight excluding hydrogens is 298 g/mol. The summed E-state index contributed by atoms with van der Waals surface area (Å²) in [7, 11) is 0. The highest BCUT2D eigenvalue weighted by Crippen LogP contribution is 2.38. The van der Waals surface area contributed by atoms with Gasteiger partial charge in [-0.3, -0.25) is 0 Å². The zero-order valence-electron chi connectivity index (χ0n) is 10.1. The molecule has 1 fully saturated rings. The number of hydrogen-bond donors (Lipinski definition) is 1. The van der Waals surface area contributed by atoms with Crippen LogP contribution in [0.25, 0.3) is 0 Å². The van der Waals surface area contributed by atoms with Crippen LogP contribution in [0, 0.1) is 11.8 Å². The van der Waals surface area contributed by atoms with Gasteiger partial charge in [-0.1, -0.05) is 53.4 Å². The topological polar surface area (TPSA) is 26.0 Å². The van der Waals surface area contributed by atoms with Crippen LogP contribution in [-0.4, -0.2) is 0 Å². The summed E-state index contributed by atoms with van der Waals surface area (Å²) in [6.07, 6.45) is 5.11. The standard InChI is InChI=1S/C14H19BrClN/c1-9-2-4-10(5-3-9)14(17)12-7-6-11(16)8-13(12)15/h6-10,14H,2-5,17H2,1H3. The molecule has 94 valence electrons. The van der Waals surface area contributed by atoms with Crippen LogP contribution in [0.5, 0.6) is 0 Å². The van der Waals surface area contributed by atoms with E-state index >= 15 is 0 Å². The van der Waals surface area contributed by atoms with Crippen LogP contribution in [0.3, 0.4) is 0 Å². The van der Waals surface area contributed by atoms with E-state index in [1.54, 1.807) is 0 Å². The average Bonchev–Trinajstić information content (AvgIpc) is 2.29. The van der Waals surface area contributed by atoms with Gasteiger partial charge in [0.15, 0.2) is 0 Å². The second-order valence-corrected chi connectivity index (χ2v) is 6.50. The molecule has 2 rings (SSSR count). The molecule has 0 aliphatic heterocycles. The number of hydrogen-bond acceptors (Lipinski definition) is 1. The van der Waals surface area contributed by atoms with Gasteiger partial charge in [0, 0.05) is 15.5 Å². The Balaban J connectivity index is 2.11. The molecule has 2 N–H and O–H groups in total. The minimum atomic E-state index is 0.133. The van der Waals surface area contributed by atoms with Crippen molar-refractivity contribution in [3.8, 4) is 0 Å². The van der Waals surface area contributed by atoms with Gasteiger partial charge < -0.3 is 5.73 Å². The number of halogens is 2. The molecule has 1 aliphatic rings. The molecule has 1 saturated carbocycles. The van der Waals surface area contributed by atoms with E-state index in [4.69, 9.17) is 17.3 Å². The smallest absolute Gasteiger partial charge is 0.0417 e. The third-order valence-electron chi connectivity index (χ3n) is 3.89. The van der Waals surface area contributed by atoms with Crippen molar-refractivity contribution in [3.05, 3.63) is 33.3 Å². The van der Waals surface area contributed by atoms with Gasteiger partial charge in [-0.05, 0) is 42.4 Å². The third kappa shape index (κ3) is 3.24. The summed E-state index contributed by atoms with van der Waals surface area (Å²) >= 11 is 9.52. The van der Waals surface area contributed by atoms with Crippen LogP contribution in [0.15, 0.2) is 22.7 Å². The van der Waals surface area contributed by atoms with E-state index in [2.05, 4.69) is 28.9 Å². The van der Waals surface area contributed by atoms with Crippen LogP contribution in [0.4, 0.5) is 0 Å². The van der Waals surface area contributed by atoms with Gasteiger partial charge in [-0.15, -0.1) is 0 Å². The normalized spacial score (nSPS) is 26.8. The molecule has 0 radical (unpaired) electrons. The molecule has 1 aromatic carbocycles. The van der Waals surface area contributed by atoms with Crippen LogP contribution in [0.1, 0.15) is 44.2 Å². The first-order chi connectivity index (χ1) is 8.08. The summed E-state index contributed by atoms with van der Waals surface area (Å²) in [4.78, 5) is 0. The fourth-order valence-electron chi connectivity index (χ4n) is 2.67. The lowest BCUT2D eigenvalue weighted by molar-refractivity contribution is 0.256. The maximum Gasteiger partial charge on any atom is 0.0417 e. The Labute approximate surface area is 117 Å². The quantitative estimate of drug-likeness (QED) is 0.822. The van der Waals surface area contributed by atoms with E-state index in [0.29, 0.717) is 5.92 Å². The SMILES string of the molecule is CC1CCC(C(N)c2ccc(Cl)cc2Br)CC1. The molecule has 17 heavy (non-hydrogen) atoms. The Kier molecular flexibility index (Phi) is 4.51. The van der Waals surface area contributed by atoms with E-state index < -0.39 is 0 Å². The summed E-state index contributed by atoms with van der Waals surface area (Å²) in [6, 6.07) is 6.04. The molecular formula is C14H19BrClN. The molecule has 1 aliphatic carbocycles. The Morgan fingerprint density at radius 1 is 1.29 bits per heavy atom. The van der Waals surface area contributed by atoms with Crippen molar-refractivity contribution in [2.75, 3.05) is 0 Å². The van der Waals surface area contributed by atoms with Crippen LogP contribution in [-0.2, 0) is 0 Å². The van der Waals surface area contributed by atoms with Crippen molar-refractivity contribution in [1.82, 2.24) is 0 Å². The molecule has 1 atom stereocenters. The largest absolute Gasteiger partial charge is 0.324 e. The second kappa shape index (κ2) is 5.73. The van der Waals surface area contributed by atoms with Crippen molar-refractivity contribution >= 4 is 27.5 Å². The molecule has 0 saturated heterocycles. The Bertz CT molecular complexity index is 386. The average molecular weight is 317 g/mol. The lowest BCUT2D eigenvalue weighted by Crippen LogP contribution is -2.25. The van der Waals surface area contributed by atoms with Gasteiger partial charge >= 0.3 is 0 Å². The summed E-state index contributed by atoms with van der Waals surface area (Å²) in [5.74, 6) is 1.48. The summed E-state index contributed by atoms with van der Waals surface area (Å²) in [5.41, 5.74) is 7.58. The number of benzene rings is 1. The van der Waals surface area contributed by atoms with Gasteiger partial charge in [0.1, 0.15) is 0 Å². The van der Waals surface area contributed by atoms with E-state index in [1.807, 2.05) is 12.1 Å². The molecule has 3 heteroatoms. The maximum absolute atomic E-state index is 6.39. The van der Waals surface area contributed by atoms with Crippen LogP contribution < -0.4 is 5.73 Å². The highest BCUT2D eigenvalue weighted by Gasteiger charge is 2.25. The molecule has 0 heterocycles. The van der Waals surface area contributed by atoms with Crippen LogP contribution >= 0.6 is 27.5 Å². The number of nitrogens with two attached hydrogens (primary N) is 1. The lowest BCUT2D eigenvalue weighted by atomic mass is 9.78. The van der Waals surface area contributed by atoms with E-state index in [-0.39, 0.29) is 6.04 Å². The Morgan fingerprint density at radius 3 is 2.53 bits per heavy atom. The predicted molar refractivity (Wildman–Crippen MR) is 77.2 cm³/mol. The van der Waals surface area contributed by atoms with E-state index in [0.717, 1.165) is 15.4 Å². The highest BCUT2D eigenvalue weighted by atomic mass is 79.9. The van der Waals surface area contributed by atoms with Gasteiger partial charge in [-0.2, -0.15) is 0 Å². The van der Waals surface area contributed by atoms with Crippen LogP contribution in [0.2, 0.25) is 5.02 Å². The first kappa shape index (κ1) is 13.4. The van der Waals surface area contributed by atoms with Crippen molar-refractivity contribution in [3.63, 3.8) is 0 Å². The zero-order chi connectivity index (χ0) is 12.4. The molecule has 0 bridgehead atoms. The minimum absolute atomic E-state index is 0.133. The summed E-state index contributed by atoms with van der Waals surface area (Å²) in [6.45, 7) is 2.33. The van der Waals surface area contributed by atoms with Gasteiger partial charge in [0.2, 0.25) is 0 Å². The fraction of sp³-hybridized carbons (Fsp3) is 0.571. The highest BCUT2D eigenvalue weighted by molar-refractivity contribution is 9.10. The van der Waals surface area contributed by atoms with Crippen molar-refractivity contribution < 1.29 is 0 Å². The molecule has 0 spiro atoms. The fourth-order valence-corrected chi connectivity index (χ4v) is 3.62. The predicted octanol–water partition coefficient (Wildman–Crippen LogP) is 4.93.